The molecule has 2 atom stereocenters. The van der Waals surface area contributed by atoms with Gasteiger partial charge in [0.2, 0.25) is 5.95 Å². The quantitative estimate of drug-likeness (QED) is 0.355. The molecule has 0 spiro atoms. The first-order valence-electron chi connectivity index (χ1n) is 11.9. The highest BCUT2D eigenvalue weighted by atomic mass is 16.5. The Morgan fingerprint density at radius 3 is 2.69 bits per heavy atom. The van der Waals surface area contributed by atoms with Crippen LogP contribution < -0.4 is 21.7 Å². The Bertz CT molecular complexity index is 1210. The SMILES string of the molecule is COC[C@H]1CCCN1C(=O)Nc1cccc(Nc2ncc(C(N)=O)c(N[C@H](C)c3ccccc3)n2)c1. The maximum Gasteiger partial charge on any atom is 0.322 e. The van der Waals surface area contributed by atoms with E-state index < -0.39 is 5.91 Å². The van der Waals surface area contributed by atoms with Gasteiger partial charge >= 0.3 is 6.03 Å². The largest absolute Gasteiger partial charge is 0.383 e. The van der Waals surface area contributed by atoms with Gasteiger partial charge in [0, 0.05) is 37.3 Å². The Kier molecular flexibility index (Phi) is 7.96. The van der Waals surface area contributed by atoms with Crippen molar-refractivity contribution in [3.05, 3.63) is 71.9 Å². The molecule has 1 aliphatic heterocycles. The second-order valence-electron chi connectivity index (χ2n) is 8.68. The van der Waals surface area contributed by atoms with E-state index in [-0.39, 0.29) is 29.6 Å². The van der Waals surface area contributed by atoms with E-state index in [0.717, 1.165) is 18.4 Å². The van der Waals surface area contributed by atoms with E-state index >= 15 is 0 Å². The molecular formula is C26H31N7O3. The summed E-state index contributed by atoms with van der Waals surface area (Å²) >= 11 is 0. The zero-order valence-electron chi connectivity index (χ0n) is 20.4. The summed E-state index contributed by atoms with van der Waals surface area (Å²) in [5.41, 5.74) is 8.09. The highest BCUT2D eigenvalue weighted by Crippen LogP contribution is 2.24. The lowest BCUT2D eigenvalue weighted by Crippen LogP contribution is -2.40. The van der Waals surface area contributed by atoms with Crippen LogP contribution in [-0.2, 0) is 4.74 Å². The van der Waals surface area contributed by atoms with Crippen molar-refractivity contribution in [1.29, 1.82) is 0 Å². The molecular weight excluding hydrogens is 458 g/mol. The summed E-state index contributed by atoms with van der Waals surface area (Å²) in [5.74, 6) is -0.00678. The van der Waals surface area contributed by atoms with Crippen LogP contribution in [-0.4, -0.2) is 53.1 Å². The minimum Gasteiger partial charge on any atom is -0.383 e. The topological polar surface area (TPSA) is 134 Å². The Morgan fingerprint density at radius 1 is 1.17 bits per heavy atom. The summed E-state index contributed by atoms with van der Waals surface area (Å²) in [6, 6.07) is 16.9. The molecule has 0 unspecified atom stereocenters. The van der Waals surface area contributed by atoms with Crippen molar-refractivity contribution in [1.82, 2.24) is 14.9 Å². The zero-order valence-corrected chi connectivity index (χ0v) is 20.4. The highest BCUT2D eigenvalue weighted by molar-refractivity contribution is 5.97. The molecule has 188 valence electrons. The van der Waals surface area contributed by atoms with Crippen molar-refractivity contribution < 1.29 is 14.3 Å². The van der Waals surface area contributed by atoms with E-state index in [1.165, 1.54) is 6.20 Å². The maximum absolute atomic E-state index is 12.8. The number of aromatic nitrogens is 2. The number of ether oxygens (including phenoxy) is 1. The number of urea groups is 1. The molecule has 5 N–H and O–H groups in total. The molecule has 1 aromatic heterocycles. The molecule has 0 bridgehead atoms. The van der Waals surface area contributed by atoms with E-state index in [2.05, 4.69) is 25.9 Å². The third-order valence-electron chi connectivity index (χ3n) is 6.07. The third-order valence-corrected chi connectivity index (χ3v) is 6.07. The summed E-state index contributed by atoms with van der Waals surface area (Å²) in [5, 5.41) is 9.34. The number of primary amides is 1. The molecule has 1 fully saturated rings. The van der Waals surface area contributed by atoms with Crippen molar-refractivity contribution in [2.24, 2.45) is 5.73 Å². The third kappa shape index (κ3) is 6.08. The van der Waals surface area contributed by atoms with E-state index in [4.69, 9.17) is 10.5 Å². The number of anilines is 4. The number of nitrogens with one attached hydrogen (secondary N) is 3. The van der Waals surface area contributed by atoms with Crippen LogP contribution >= 0.6 is 0 Å². The average molecular weight is 490 g/mol. The molecule has 10 heteroatoms. The Labute approximate surface area is 210 Å². The Morgan fingerprint density at radius 2 is 1.94 bits per heavy atom. The number of rotatable bonds is 9. The Hall–Kier alpha value is -4.18. The van der Waals surface area contributed by atoms with Gasteiger partial charge in [0.1, 0.15) is 5.82 Å². The fraction of sp³-hybridized carbons (Fsp3) is 0.308. The molecule has 10 nitrogen and oxygen atoms in total. The van der Waals surface area contributed by atoms with Crippen LogP contribution in [0, 0.1) is 0 Å². The minimum absolute atomic E-state index is 0.0812. The number of benzene rings is 2. The molecule has 1 saturated heterocycles. The van der Waals surface area contributed by atoms with Crippen molar-refractivity contribution in [3.8, 4) is 0 Å². The summed E-state index contributed by atoms with van der Waals surface area (Å²) in [6.07, 6.45) is 3.29. The van der Waals surface area contributed by atoms with Gasteiger partial charge in [0.05, 0.1) is 18.2 Å². The van der Waals surface area contributed by atoms with E-state index in [0.29, 0.717) is 30.3 Å². The van der Waals surface area contributed by atoms with Crippen molar-refractivity contribution in [2.45, 2.75) is 31.8 Å². The van der Waals surface area contributed by atoms with Crippen molar-refractivity contribution in [3.63, 3.8) is 0 Å². The van der Waals surface area contributed by atoms with Gasteiger partial charge in [0.25, 0.3) is 5.91 Å². The lowest BCUT2D eigenvalue weighted by atomic mass is 10.1. The van der Waals surface area contributed by atoms with Gasteiger partial charge in [-0.05, 0) is 43.5 Å². The summed E-state index contributed by atoms with van der Waals surface area (Å²) in [6.45, 7) is 3.20. The highest BCUT2D eigenvalue weighted by Gasteiger charge is 2.28. The molecule has 3 aromatic rings. The monoisotopic (exact) mass is 489 g/mol. The van der Waals surface area contributed by atoms with E-state index in [1.54, 1.807) is 18.1 Å². The zero-order chi connectivity index (χ0) is 25.5. The molecule has 3 amide bonds. The van der Waals surface area contributed by atoms with Gasteiger partial charge in [-0.25, -0.2) is 9.78 Å². The summed E-state index contributed by atoms with van der Waals surface area (Å²) < 4.78 is 5.24. The molecule has 36 heavy (non-hydrogen) atoms. The number of hydrogen-bond acceptors (Lipinski definition) is 7. The minimum atomic E-state index is -0.622. The lowest BCUT2D eigenvalue weighted by molar-refractivity contribution is 0.100. The predicted octanol–water partition coefficient (Wildman–Crippen LogP) is 4.13. The number of hydrogen-bond donors (Lipinski definition) is 4. The maximum atomic E-state index is 12.8. The summed E-state index contributed by atoms with van der Waals surface area (Å²) in [7, 11) is 1.64. The van der Waals surface area contributed by atoms with Gasteiger partial charge < -0.3 is 31.3 Å². The van der Waals surface area contributed by atoms with Crippen molar-refractivity contribution in [2.75, 3.05) is 36.2 Å². The number of methoxy groups -OCH3 is 1. The number of carbonyl (C=O) groups excluding carboxylic acids is 2. The molecule has 0 saturated carbocycles. The first kappa shape index (κ1) is 24.9. The van der Waals surface area contributed by atoms with Crippen molar-refractivity contribution >= 4 is 35.1 Å². The Balaban J connectivity index is 1.48. The second-order valence-corrected chi connectivity index (χ2v) is 8.68. The van der Waals surface area contributed by atoms with Crippen LogP contribution in [0.3, 0.4) is 0 Å². The van der Waals surface area contributed by atoms with Crippen LogP contribution in [0.4, 0.5) is 27.9 Å². The average Bonchev–Trinajstić information content (AvgIpc) is 3.33. The molecule has 2 heterocycles. The summed E-state index contributed by atoms with van der Waals surface area (Å²) in [4.78, 5) is 35.3. The second kappa shape index (κ2) is 11.5. The van der Waals surface area contributed by atoms with E-state index in [1.807, 2.05) is 55.5 Å². The first-order valence-corrected chi connectivity index (χ1v) is 11.9. The molecule has 0 radical (unpaired) electrons. The van der Waals surface area contributed by atoms with Gasteiger partial charge in [-0.1, -0.05) is 36.4 Å². The van der Waals surface area contributed by atoms with Gasteiger partial charge in [-0.2, -0.15) is 4.98 Å². The van der Waals surface area contributed by atoms with Crippen LogP contribution in [0.5, 0.6) is 0 Å². The predicted molar refractivity (Wildman–Crippen MR) is 139 cm³/mol. The van der Waals surface area contributed by atoms with Crippen LogP contribution in [0.15, 0.2) is 60.8 Å². The fourth-order valence-electron chi connectivity index (χ4n) is 4.23. The van der Waals surface area contributed by atoms with Crippen LogP contribution in [0.1, 0.15) is 41.7 Å². The van der Waals surface area contributed by atoms with E-state index in [9.17, 15) is 9.59 Å². The van der Waals surface area contributed by atoms with Gasteiger partial charge in [-0.3, -0.25) is 4.79 Å². The first-order chi connectivity index (χ1) is 17.4. The fourth-order valence-corrected chi connectivity index (χ4v) is 4.23. The number of likely N-dealkylation sites (tertiary alicyclic amines) is 1. The molecule has 0 aliphatic carbocycles. The molecule has 2 aromatic carbocycles. The normalized spacial score (nSPS) is 15.8. The van der Waals surface area contributed by atoms with Crippen LogP contribution in [0.25, 0.3) is 0 Å². The van der Waals surface area contributed by atoms with Gasteiger partial charge in [0.15, 0.2) is 0 Å². The number of carbonyl (C=O) groups is 2. The van der Waals surface area contributed by atoms with Crippen LogP contribution in [0.2, 0.25) is 0 Å². The number of amides is 3. The number of nitrogens with zero attached hydrogens (tertiary/aromatic N) is 3. The smallest absolute Gasteiger partial charge is 0.322 e. The van der Waals surface area contributed by atoms with Gasteiger partial charge in [-0.15, -0.1) is 0 Å². The molecule has 1 aliphatic rings. The standard InChI is InChI=1S/C26H31N7O3/c1-17(18-8-4-3-5-9-18)29-24-22(23(27)34)15-28-25(32-24)30-19-10-6-11-20(14-19)31-26(35)33-13-7-12-21(33)16-36-2/h3-6,8-11,14-15,17,21H,7,12-13,16H2,1-2H3,(H2,27,34)(H,31,35)(H2,28,29,30,32)/t17-,21-/m1/s1. The number of nitrogens with two attached hydrogens (primary N) is 1. The molecule has 4 rings (SSSR count). The lowest BCUT2D eigenvalue weighted by Gasteiger charge is -2.24.